The summed E-state index contributed by atoms with van der Waals surface area (Å²) in [7, 11) is 0. The minimum absolute atomic E-state index is 0.0854. The molecular formula is C25H29NO6. The fourth-order valence-corrected chi connectivity index (χ4v) is 4.00. The predicted octanol–water partition coefficient (Wildman–Crippen LogP) is 4.35. The van der Waals surface area contributed by atoms with Gasteiger partial charge in [0, 0.05) is 5.92 Å². The maximum absolute atomic E-state index is 12.6. The van der Waals surface area contributed by atoms with Gasteiger partial charge in [-0.15, -0.1) is 0 Å². The zero-order chi connectivity index (χ0) is 23.3. The molecule has 0 saturated heterocycles. The monoisotopic (exact) mass is 439 g/mol. The van der Waals surface area contributed by atoms with Crippen LogP contribution in [-0.2, 0) is 19.1 Å². The Bertz CT molecular complexity index is 942. The number of aliphatic carboxylic acids is 1. The van der Waals surface area contributed by atoms with E-state index in [1.807, 2.05) is 50.2 Å². The Morgan fingerprint density at radius 2 is 1.56 bits per heavy atom. The minimum atomic E-state index is -1.06. The second-order valence-electron chi connectivity index (χ2n) is 8.18. The number of alkyl carbamates (subject to hydrolysis) is 1. The number of amides is 1. The molecule has 0 saturated carbocycles. The normalized spacial score (nSPS) is 15.1. The molecule has 7 nitrogen and oxygen atoms in total. The Morgan fingerprint density at radius 1 is 1.00 bits per heavy atom. The highest BCUT2D eigenvalue weighted by atomic mass is 16.6. The molecule has 3 rings (SSSR count). The summed E-state index contributed by atoms with van der Waals surface area (Å²) in [6.07, 6.45) is -1.18. The molecule has 2 aromatic rings. The Labute approximate surface area is 187 Å². The number of carbonyl (C=O) groups is 3. The molecule has 7 heteroatoms. The van der Waals surface area contributed by atoms with Crippen LogP contribution in [0.1, 0.15) is 50.7 Å². The first-order valence-electron chi connectivity index (χ1n) is 10.9. The lowest BCUT2D eigenvalue weighted by atomic mass is 9.98. The quantitative estimate of drug-likeness (QED) is 0.564. The van der Waals surface area contributed by atoms with Crippen molar-refractivity contribution in [3.63, 3.8) is 0 Å². The van der Waals surface area contributed by atoms with Crippen molar-refractivity contribution in [2.24, 2.45) is 5.92 Å². The molecule has 0 aromatic heterocycles. The standard InChI is InChI=1S/C25H29NO6/c1-4-15(2)23(24(29)32-16(3)13-22(27)28)26-25(30)31-14-21-19-11-7-5-9-17(19)18-10-6-8-12-20(18)21/h5-12,15-16,21,23H,4,13-14H2,1-3H3,(H,26,30)(H,27,28)/t15-,16?,23-/m0/s1. The Balaban J connectivity index is 1.66. The van der Waals surface area contributed by atoms with Gasteiger partial charge in [-0.05, 0) is 35.1 Å². The number of fused-ring (bicyclic) bond motifs is 3. The van der Waals surface area contributed by atoms with Crippen LogP contribution in [0.2, 0.25) is 0 Å². The highest BCUT2D eigenvalue weighted by Gasteiger charge is 2.32. The van der Waals surface area contributed by atoms with Gasteiger partial charge in [-0.1, -0.05) is 68.8 Å². The fourth-order valence-electron chi connectivity index (χ4n) is 4.00. The van der Waals surface area contributed by atoms with Crippen LogP contribution in [0.4, 0.5) is 4.79 Å². The second kappa shape index (κ2) is 10.3. The van der Waals surface area contributed by atoms with Gasteiger partial charge < -0.3 is 19.9 Å². The molecule has 0 heterocycles. The number of hydrogen-bond acceptors (Lipinski definition) is 5. The van der Waals surface area contributed by atoms with E-state index in [0.29, 0.717) is 6.42 Å². The van der Waals surface area contributed by atoms with E-state index in [-0.39, 0.29) is 24.9 Å². The van der Waals surface area contributed by atoms with E-state index in [1.54, 1.807) is 0 Å². The molecule has 1 amide bonds. The molecule has 1 aliphatic rings. The predicted molar refractivity (Wildman–Crippen MR) is 119 cm³/mol. The van der Waals surface area contributed by atoms with Crippen LogP contribution >= 0.6 is 0 Å². The first-order valence-corrected chi connectivity index (χ1v) is 10.9. The maximum atomic E-state index is 12.6. The summed E-state index contributed by atoms with van der Waals surface area (Å²) in [6.45, 7) is 5.35. The number of rotatable bonds is 9. The summed E-state index contributed by atoms with van der Waals surface area (Å²) in [5, 5.41) is 11.5. The molecule has 0 radical (unpaired) electrons. The SMILES string of the molecule is CC[C@H](C)[C@H](NC(=O)OCC1c2ccccc2-c2ccccc21)C(=O)OC(C)CC(=O)O. The number of nitrogens with one attached hydrogen (secondary N) is 1. The zero-order valence-corrected chi connectivity index (χ0v) is 18.5. The van der Waals surface area contributed by atoms with Crippen LogP contribution in [-0.4, -0.2) is 41.9 Å². The number of hydrogen-bond donors (Lipinski definition) is 2. The van der Waals surface area contributed by atoms with E-state index >= 15 is 0 Å². The second-order valence-corrected chi connectivity index (χ2v) is 8.18. The number of esters is 1. The largest absolute Gasteiger partial charge is 0.481 e. The van der Waals surface area contributed by atoms with Gasteiger partial charge in [0.15, 0.2) is 0 Å². The first-order chi connectivity index (χ1) is 15.3. The van der Waals surface area contributed by atoms with Crippen molar-refractivity contribution in [1.82, 2.24) is 5.32 Å². The van der Waals surface area contributed by atoms with Crippen molar-refractivity contribution in [3.8, 4) is 11.1 Å². The molecule has 0 fully saturated rings. The third-order valence-corrected chi connectivity index (χ3v) is 5.86. The first kappa shape index (κ1) is 23.3. The van der Waals surface area contributed by atoms with Gasteiger partial charge in [-0.25, -0.2) is 9.59 Å². The van der Waals surface area contributed by atoms with Gasteiger partial charge in [0.25, 0.3) is 0 Å². The Morgan fingerprint density at radius 3 is 2.09 bits per heavy atom. The van der Waals surface area contributed by atoms with Crippen molar-refractivity contribution in [2.45, 2.75) is 51.7 Å². The summed E-state index contributed by atoms with van der Waals surface area (Å²) < 4.78 is 10.8. The van der Waals surface area contributed by atoms with Crippen LogP contribution in [0.15, 0.2) is 48.5 Å². The molecule has 32 heavy (non-hydrogen) atoms. The van der Waals surface area contributed by atoms with Crippen molar-refractivity contribution in [2.75, 3.05) is 6.61 Å². The van der Waals surface area contributed by atoms with Crippen LogP contribution in [0.25, 0.3) is 11.1 Å². The number of carboxylic acids is 1. The third-order valence-electron chi connectivity index (χ3n) is 5.86. The van der Waals surface area contributed by atoms with Crippen LogP contribution in [0.5, 0.6) is 0 Å². The molecule has 170 valence electrons. The van der Waals surface area contributed by atoms with Gasteiger partial charge in [-0.2, -0.15) is 0 Å². The lowest BCUT2D eigenvalue weighted by Crippen LogP contribution is -2.47. The van der Waals surface area contributed by atoms with Crippen molar-refractivity contribution >= 4 is 18.0 Å². The lowest BCUT2D eigenvalue weighted by Gasteiger charge is -2.24. The molecule has 2 N–H and O–H groups in total. The number of benzene rings is 2. The van der Waals surface area contributed by atoms with Gasteiger partial charge >= 0.3 is 18.0 Å². The number of ether oxygens (including phenoxy) is 2. The van der Waals surface area contributed by atoms with Crippen molar-refractivity contribution < 1.29 is 29.0 Å². The summed E-state index contributed by atoms with van der Waals surface area (Å²) in [6, 6.07) is 15.2. The molecular weight excluding hydrogens is 410 g/mol. The lowest BCUT2D eigenvalue weighted by molar-refractivity contribution is -0.155. The molecule has 1 unspecified atom stereocenters. The van der Waals surface area contributed by atoms with Gasteiger partial charge in [0.1, 0.15) is 18.8 Å². The fraction of sp³-hybridized carbons (Fsp3) is 0.400. The molecule has 0 spiro atoms. The zero-order valence-electron chi connectivity index (χ0n) is 18.5. The van der Waals surface area contributed by atoms with E-state index in [2.05, 4.69) is 17.4 Å². The summed E-state index contributed by atoms with van der Waals surface area (Å²) in [4.78, 5) is 36.0. The van der Waals surface area contributed by atoms with E-state index in [1.165, 1.54) is 6.92 Å². The summed E-state index contributed by atoms with van der Waals surface area (Å²) >= 11 is 0. The molecule has 1 aliphatic carbocycles. The highest BCUT2D eigenvalue weighted by molar-refractivity contribution is 5.82. The van der Waals surface area contributed by atoms with Gasteiger partial charge in [0.2, 0.25) is 0 Å². The number of carbonyl (C=O) groups excluding carboxylic acids is 2. The average molecular weight is 440 g/mol. The van der Waals surface area contributed by atoms with E-state index in [9.17, 15) is 14.4 Å². The summed E-state index contributed by atoms with van der Waals surface area (Å²) in [5.41, 5.74) is 4.46. The van der Waals surface area contributed by atoms with Gasteiger partial charge in [0.05, 0.1) is 6.42 Å². The Hall–Kier alpha value is -3.35. The Kier molecular flexibility index (Phi) is 7.51. The summed E-state index contributed by atoms with van der Waals surface area (Å²) in [5.74, 6) is -2.02. The molecule has 2 aromatic carbocycles. The maximum Gasteiger partial charge on any atom is 0.407 e. The van der Waals surface area contributed by atoms with E-state index in [4.69, 9.17) is 14.6 Å². The minimum Gasteiger partial charge on any atom is -0.481 e. The van der Waals surface area contributed by atoms with Crippen LogP contribution in [0, 0.1) is 5.92 Å². The van der Waals surface area contributed by atoms with Crippen LogP contribution < -0.4 is 5.32 Å². The van der Waals surface area contributed by atoms with Gasteiger partial charge in [-0.3, -0.25) is 4.79 Å². The highest BCUT2D eigenvalue weighted by Crippen LogP contribution is 2.44. The van der Waals surface area contributed by atoms with Crippen molar-refractivity contribution in [3.05, 3.63) is 59.7 Å². The molecule has 0 bridgehead atoms. The average Bonchev–Trinajstić information content (AvgIpc) is 3.08. The third kappa shape index (κ3) is 5.28. The molecule has 0 aliphatic heterocycles. The van der Waals surface area contributed by atoms with E-state index < -0.39 is 30.2 Å². The van der Waals surface area contributed by atoms with E-state index in [0.717, 1.165) is 22.3 Å². The van der Waals surface area contributed by atoms with Crippen LogP contribution in [0.3, 0.4) is 0 Å². The topological polar surface area (TPSA) is 102 Å². The van der Waals surface area contributed by atoms with Crippen molar-refractivity contribution in [1.29, 1.82) is 0 Å². The number of carboxylic acid groups (broad SMARTS) is 1. The molecule has 3 atom stereocenters. The smallest absolute Gasteiger partial charge is 0.407 e.